The quantitative estimate of drug-likeness (QED) is 0.813. The fraction of sp³-hybridized carbons (Fsp3) is 0.562. The maximum atomic E-state index is 12.3. The molecule has 1 amide bonds. The number of nitrogens with zero attached hydrogens (tertiary/aromatic N) is 1. The van der Waals surface area contributed by atoms with Gasteiger partial charge in [0.2, 0.25) is 15.9 Å². The zero-order valence-corrected chi connectivity index (χ0v) is 15.9. The molecule has 1 fully saturated rings. The van der Waals surface area contributed by atoms with E-state index in [2.05, 4.69) is 10.6 Å². The predicted octanol–water partition coefficient (Wildman–Crippen LogP) is 1.33. The molecule has 24 heavy (non-hydrogen) atoms. The fourth-order valence-electron chi connectivity index (χ4n) is 2.59. The normalized spacial score (nSPS) is 19.4. The first-order valence-electron chi connectivity index (χ1n) is 7.86. The highest BCUT2D eigenvalue weighted by molar-refractivity contribution is 7.89. The highest BCUT2D eigenvalue weighted by atomic mass is 35.5. The van der Waals surface area contributed by atoms with Gasteiger partial charge in [-0.1, -0.05) is 12.1 Å². The van der Waals surface area contributed by atoms with Crippen molar-refractivity contribution in [3.63, 3.8) is 0 Å². The summed E-state index contributed by atoms with van der Waals surface area (Å²) in [5.41, 5.74) is 0.809. The summed E-state index contributed by atoms with van der Waals surface area (Å²) in [7, 11) is -0.443. The topological polar surface area (TPSA) is 78.5 Å². The maximum absolute atomic E-state index is 12.3. The van der Waals surface area contributed by atoms with Crippen LogP contribution in [-0.4, -0.2) is 51.9 Å². The van der Waals surface area contributed by atoms with E-state index < -0.39 is 10.0 Å². The van der Waals surface area contributed by atoms with Gasteiger partial charge in [-0.05, 0) is 44.0 Å². The number of hydrogen-bond donors (Lipinski definition) is 2. The summed E-state index contributed by atoms with van der Waals surface area (Å²) in [6, 6.07) is 6.69. The van der Waals surface area contributed by atoms with Crippen LogP contribution >= 0.6 is 12.4 Å². The summed E-state index contributed by atoms with van der Waals surface area (Å²) in [6.45, 7) is 3.64. The Balaban J connectivity index is 0.00000288. The standard InChI is InChI=1S/C16H25N3O3S.ClH/c1-12(16(20)18-14-5-4-10-17-11-14)13-6-8-15(9-7-13)23(21,22)19(2)3;/h6-9,12,14,17H,4-5,10-11H2,1-3H3,(H,18,20);1H/t12?,14-;/m0./s1. The summed E-state index contributed by atoms with van der Waals surface area (Å²) in [5, 5.41) is 6.32. The highest BCUT2D eigenvalue weighted by Gasteiger charge is 2.22. The maximum Gasteiger partial charge on any atom is 0.242 e. The predicted molar refractivity (Wildman–Crippen MR) is 97.0 cm³/mol. The fourth-order valence-corrected chi connectivity index (χ4v) is 3.49. The first-order chi connectivity index (χ1) is 10.8. The van der Waals surface area contributed by atoms with Gasteiger partial charge in [0.25, 0.3) is 0 Å². The molecule has 1 aliphatic rings. The third-order valence-corrected chi connectivity index (χ3v) is 6.02. The van der Waals surface area contributed by atoms with E-state index in [0.29, 0.717) is 0 Å². The molecule has 1 unspecified atom stereocenters. The Morgan fingerprint density at radius 3 is 2.42 bits per heavy atom. The minimum Gasteiger partial charge on any atom is -0.352 e. The Hall–Kier alpha value is -1.15. The number of sulfonamides is 1. The second-order valence-corrected chi connectivity index (χ2v) is 8.28. The van der Waals surface area contributed by atoms with Crippen LogP contribution < -0.4 is 10.6 Å². The largest absolute Gasteiger partial charge is 0.352 e. The summed E-state index contributed by atoms with van der Waals surface area (Å²) >= 11 is 0. The van der Waals surface area contributed by atoms with Crippen molar-refractivity contribution in [2.24, 2.45) is 0 Å². The van der Waals surface area contributed by atoms with Gasteiger partial charge in [-0.15, -0.1) is 12.4 Å². The number of rotatable bonds is 5. The molecule has 1 aliphatic heterocycles. The van der Waals surface area contributed by atoms with Crippen LogP contribution in [0.25, 0.3) is 0 Å². The molecule has 136 valence electrons. The number of piperidine rings is 1. The number of benzene rings is 1. The number of nitrogens with one attached hydrogen (secondary N) is 2. The summed E-state index contributed by atoms with van der Waals surface area (Å²) in [5.74, 6) is -0.338. The van der Waals surface area contributed by atoms with Gasteiger partial charge >= 0.3 is 0 Å². The SMILES string of the molecule is CC(C(=O)N[C@H]1CCCNC1)c1ccc(S(=O)(=O)N(C)C)cc1.Cl. The average Bonchev–Trinajstić information content (AvgIpc) is 2.55. The monoisotopic (exact) mass is 375 g/mol. The molecule has 2 atom stereocenters. The molecule has 2 N–H and O–H groups in total. The van der Waals surface area contributed by atoms with Crippen molar-refractivity contribution in [2.45, 2.75) is 36.6 Å². The second-order valence-electron chi connectivity index (χ2n) is 6.13. The number of carbonyl (C=O) groups excluding carboxylic acids is 1. The minimum absolute atomic E-state index is 0. The molecule has 1 aromatic carbocycles. The van der Waals surface area contributed by atoms with Crippen molar-refractivity contribution < 1.29 is 13.2 Å². The van der Waals surface area contributed by atoms with Crippen LogP contribution in [0.5, 0.6) is 0 Å². The molecule has 0 saturated carbocycles. The Bertz CT molecular complexity index is 641. The van der Waals surface area contributed by atoms with Crippen LogP contribution in [0.2, 0.25) is 0 Å². The Labute approximate surface area is 150 Å². The van der Waals surface area contributed by atoms with E-state index >= 15 is 0 Å². The van der Waals surface area contributed by atoms with Crippen LogP contribution in [0.15, 0.2) is 29.2 Å². The smallest absolute Gasteiger partial charge is 0.242 e. The van der Waals surface area contributed by atoms with Crippen molar-refractivity contribution in [1.82, 2.24) is 14.9 Å². The highest BCUT2D eigenvalue weighted by Crippen LogP contribution is 2.20. The lowest BCUT2D eigenvalue weighted by molar-refractivity contribution is -0.123. The molecule has 0 aromatic heterocycles. The lowest BCUT2D eigenvalue weighted by atomic mass is 9.99. The van der Waals surface area contributed by atoms with Crippen LogP contribution in [0.1, 0.15) is 31.2 Å². The lowest BCUT2D eigenvalue weighted by Crippen LogP contribution is -2.46. The van der Waals surface area contributed by atoms with Crippen LogP contribution in [0.4, 0.5) is 0 Å². The summed E-state index contributed by atoms with van der Waals surface area (Å²) < 4.78 is 25.3. The van der Waals surface area contributed by atoms with E-state index in [1.807, 2.05) is 6.92 Å². The summed E-state index contributed by atoms with van der Waals surface area (Å²) in [6.07, 6.45) is 2.06. The molecule has 8 heteroatoms. The zero-order valence-electron chi connectivity index (χ0n) is 14.3. The first-order valence-corrected chi connectivity index (χ1v) is 9.30. The van der Waals surface area contributed by atoms with Crippen molar-refractivity contribution in [3.8, 4) is 0 Å². The van der Waals surface area contributed by atoms with Crippen LogP contribution in [0, 0.1) is 0 Å². The van der Waals surface area contributed by atoms with Gasteiger partial charge < -0.3 is 10.6 Å². The number of carbonyl (C=O) groups is 1. The van der Waals surface area contributed by atoms with Crippen molar-refractivity contribution >= 4 is 28.3 Å². The minimum atomic E-state index is -3.44. The Morgan fingerprint density at radius 1 is 1.29 bits per heavy atom. The molecule has 2 rings (SSSR count). The number of amides is 1. The van der Waals surface area contributed by atoms with Crippen molar-refractivity contribution in [2.75, 3.05) is 27.2 Å². The third-order valence-electron chi connectivity index (χ3n) is 4.20. The van der Waals surface area contributed by atoms with Gasteiger partial charge in [0.15, 0.2) is 0 Å². The van der Waals surface area contributed by atoms with E-state index in [0.717, 1.165) is 31.5 Å². The third kappa shape index (κ3) is 4.92. The molecule has 0 radical (unpaired) electrons. The molecular weight excluding hydrogens is 350 g/mol. The van der Waals surface area contributed by atoms with Gasteiger partial charge in [-0.25, -0.2) is 12.7 Å². The van der Waals surface area contributed by atoms with Gasteiger partial charge in [-0.2, -0.15) is 0 Å². The van der Waals surface area contributed by atoms with E-state index in [1.165, 1.54) is 18.4 Å². The molecule has 0 aliphatic carbocycles. The van der Waals surface area contributed by atoms with Crippen LogP contribution in [0.3, 0.4) is 0 Å². The second kappa shape index (κ2) is 8.80. The van der Waals surface area contributed by atoms with E-state index in [4.69, 9.17) is 0 Å². The van der Waals surface area contributed by atoms with E-state index in [1.54, 1.807) is 24.3 Å². The summed E-state index contributed by atoms with van der Waals surface area (Å²) in [4.78, 5) is 12.6. The molecular formula is C16H26ClN3O3S. The molecule has 6 nitrogen and oxygen atoms in total. The molecule has 1 heterocycles. The van der Waals surface area contributed by atoms with E-state index in [9.17, 15) is 13.2 Å². The van der Waals surface area contributed by atoms with E-state index in [-0.39, 0.29) is 35.2 Å². The molecule has 1 saturated heterocycles. The number of hydrogen-bond acceptors (Lipinski definition) is 4. The molecule has 0 bridgehead atoms. The van der Waals surface area contributed by atoms with Gasteiger partial charge in [0, 0.05) is 26.7 Å². The number of halogens is 1. The van der Waals surface area contributed by atoms with Crippen molar-refractivity contribution in [3.05, 3.63) is 29.8 Å². The Kier molecular flexibility index (Phi) is 7.66. The van der Waals surface area contributed by atoms with Crippen molar-refractivity contribution in [1.29, 1.82) is 0 Å². The first kappa shape index (κ1) is 20.9. The zero-order chi connectivity index (χ0) is 17.0. The molecule has 0 spiro atoms. The van der Waals surface area contributed by atoms with Gasteiger partial charge in [0.05, 0.1) is 10.8 Å². The lowest BCUT2D eigenvalue weighted by Gasteiger charge is -2.25. The van der Waals surface area contributed by atoms with Gasteiger partial charge in [0.1, 0.15) is 0 Å². The average molecular weight is 376 g/mol. The Morgan fingerprint density at radius 2 is 1.92 bits per heavy atom. The van der Waals surface area contributed by atoms with Gasteiger partial charge in [-0.3, -0.25) is 4.79 Å². The van der Waals surface area contributed by atoms with Crippen LogP contribution in [-0.2, 0) is 14.8 Å². The molecule has 1 aromatic rings.